The molecule has 3 heterocycles. The first-order valence-electron chi connectivity index (χ1n) is 7.67. The molecule has 0 spiro atoms. The third-order valence-corrected chi connectivity index (χ3v) is 6.03. The Balaban J connectivity index is 1.47. The van der Waals surface area contributed by atoms with E-state index in [9.17, 15) is 4.79 Å². The van der Waals surface area contributed by atoms with Gasteiger partial charge in [0.05, 0.1) is 21.8 Å². The molecule has 2 saturated heterocycles. The van der Waals surface area contributed by atoms with Crippen molar-refractivity contribution in [3.05, 3.63) is 28.2 Å². The van der Waals surface area contributed by atoms with Gasteiger partial charge < -0.3 is 4.74 Å². The van der Waals surface area contributed by atoms with Crippen molar-refractivity contribution in [3.63, 3.8) is 0 Å². The van der Waals surface area contributed by atoms with Crippen LogP contribution in [0.3, 0.4) is 0 Å². The van der Waals surface area contributed by atoms with Gasteiger partial charge in [0.15, 0.2) is 0 Å². The van der Waals surface area contributed by atoms with Crippen LogP contribution in [0.2, 0.25) is 5.02 Å². The molecule has 1 aromatic carbocycles. The van der Waals surface area contributed by atoms with E-state index in [1.54, 1.807) is 11.3 Å². The van der Waals surface area contributed by atoms with E-state index >= 15 is 0 Å². The zero-order valence-corrected chi connectivity index (χ0v) is 13.7. The topological polar surface area (TPSA) is 42.4 Å². The van der Waals surface area contributed by atoms with Crippen LogP contribution in [0.4, 0.5) is 0 Å². The molecule has 1 atom stereocenters. The minimum atomic E-state index is -0.0481. The number of carbonyl (C=O) groups excluding carboxylic acids is 1. The van der Waals surface area contributed by atoms with Crippen molar-refractivity contribution in [2.24, 2.45) is 0 Å². The summed E-state index contributed by atoms with van der Waals surface area (Å²) in [6.07, 6.45) is 2.94. The van der Waals surface area contributed by atoms with Gasteiger partial charge in [0.1, 0.15) is 6.04 Å². The third-order valence-electron chi connectivity index (χ3n) is 4.59. The van der Waals surface area contributed by atoms with E-state index in [2.05, 4.69) is 4.90 Å². The van der Waals surface area contributed by atoms with Crippen LogP contribution in [0, 0.1) is 0 Å². The average Bonchev–Trinajstić information content (AvgIpc) is 3.13. The molecule has 6 heteroatoms. The summed E-state index contributed by atoms with van der Waals surface area (Å²) in [5.74, 6) is 0.443. The van der Waals surface area contributed by atoms with Gasteiger partial charge in [-0.3, -0.25) is 9.69 Å². The standard InChI is InChI=1S/C16H17ClN2O2S/c17-11-1-2-14-12(9-11)18-15(22-14)10-3-6-19(7-4-10)13-5-8-21-16(13)20/h1-2,9-10,13H,3-8H2/t13-/m1/s1. The van der Waals surface area contributed by atoms with Crippen LogP contribution in [0.5, 0.6) is 0 Å². The molecule has 2 aliphatic rings. The zero-order valence-electron chi connectivity index (χ0n) is 12.1. The Morgan fingerprint density at radius 1 is 1.27 bits per heavy atom. The predicted molar refractivity (Wildman–Crippen MR) is 87.5 cm³/mol. The second-order valence-corrected chi connectivity index (χ2v) is 7.45. The fourth-order valence-corrected chi connectivity index (χ4v) is 4.65. The fraction of sp³-hybridized carbons (Fsp3) is 0.500. The number of thiazole rings is 1. The second kappa shape index (κ2) is 5.80. The van der Waals surface area contributed by atoms with E-state index in [1.807, 2.05) is 18.2 Å². The summed E-state index contributed by atoms with van der Waals surface area (Å²) in [5.41, 5.74) is 0.995. The molecule has 2 aliphatic heterocycles. The van der Waals surface area contributed by atoms with Crippen molar-refractivity contribution < 1.29 is 9.53 Å². The molecule has 0 unspecified atom stereocenters. The lowest BCUT2D eigenvalue weighted by molar-refractivity contribution is -0.142. The van der Waals surface area contributed by atoms with E-state index in [1.165, 1.54) is 9.71 Å². The zero-order chi connectivity index (χ0) is 15.1. The van der Waals surface area contributed by atoms with Crippen molar-refractivity contribution in [1.82, 2.24) is 9.88 Å². The van der Waals surface area contributed by atoms with Crippen LogP contribution >= 0.6 is 22.9 Å². The van der Waals surface area contributed by atoms with Crippen LogP contribution in [-0.4, -0.2) is 41.6 Å². The van der Waals surface area contributed by atoms with Crippen LogP contribution < -0.4 is 0 Å². The number of hydrogen-bond acceptors (Lipinski definition) is 5. The van der Waals surface area contributed by atoms with E-state index in [0.29, 0.717) is 12.5 Å². The smallest absolute Gasteiger partial charge is 0.323 e. The summed E-state index contributed by atoms with van der Waals surface area (Å²) in [6.45, 7) is 2.46. The molecular weight excluding hydrogens is 320 g/mol. The maximum atomic E-state index is 11.7. The summed E-state index contributed by atoms with van der Waals surface area (Å²) >= 11 is 7.80. The molecule has 4 rings (SSSR count). The van der Waals surface area contributed by atoms with Gasteiger partial charge in [-0.15, -0.1) is 11.3 Å². The van der Waals surface area contributed by atoms with Crippen molar-refractivity contribution in [2.45, 2.75) is 31.2 Å². The number of carbonyl (C=O) groups is 1. The molecule has 1 aromatic heterocycles. The van der Waals surface area contributed by atoms with Crippen molar-refractivity contribution >= 4 is 39.1 Å². The minimum absolute atomic E-state index is 0.0184. The summed E-state index contributed by atoms with van der Waals surface area (Å²) < 4.78 is 6.27. The largest absolute Gasteiger partial charge is 0.464 e. The van der Waals surface area contributed by atoms with E-state index < -0.39 is 0 Å². The first kappa shape index (κ1) is 14.4. The summed E-state index contributed by atoms with van der Waals surface area (Å²) in [5, 5.41) is 1.94. The number of piperidine rings is 1. The van der Waals surface area contributed by atoms with Gasteiger partial charge >= 0.3 is 5.97 Å². The van der Waals surface area contributed by atoms with E-state index in [0.717, 1.165) is 42.9 Å². The first-order valence-corrected chi connectivity index (χ1v) is 8.87. The van der Waals surface area contributed by atoms with Gasteiger partial charge in [-0.05, 0) is 44.1 Å². The van der Waals surface area contributed by atoms with Crippen LogP contribution in [0.25, 0.3) is 10.2 Å². The van der Waals surface area contributed by atoms with Crippen LogP contribution in [-0.2, 0) is 9.53 Å². The van der Waals surface area contributed by atoms with E-state index in [4.69, 9.17) is 21.3 Å². The Morgan fingerprint density at radius 2 is 2.09 bits per heavy atom. The number of rotatable bonds is 2. The van der Waals surface area contributed by atoms with Gasteiger partial charge in [-0.25, -0.2) is 4.98 Å². The van der Waals surface area contributed by atoms with Gasteiger partial charge in [-0.2, -0.15) is 0 Å². The number of esters is 1. The number of nitrogens with zero attached hydrogens (tertiary/aromatic N) is 2. The van der Waals surface area contributed by atoms with Crippen molar-refractivity contribution in [2.75, 3.05) is 19.7 Å². The molecule has 22 heavy (non-hydrogen) atoms. The molecule has 0 aliphatic carbocycles. The molecule has 4 nitrogen and oxygen atoms in total. The SMILES string of the molecule is O=C1OCC[C@H]1N1CCC(c2nc3cc(Cl)ccc3s2)CC1. The number of hydrogen-bond donors (Lipinski definition) is 0. The van der Waals surface area contributed by atoms with Gasteiger partial charge in [0, 0.05) is 17.4 Å². The Hall–Kier alpha value is -1.17. The number of halogens is 1. The Kier molecular flexibility index (Phi) is 3.80. The average molecular weight is 337 g/mol. The lowest BCUT2D eigenvalue weighted by atomic mass is 9.96. The highest BCUT2D eigenvalue weighted by atomic mass is 35.5. The number of ether oxygens (including phenoxy) is 1. The van der Waals surface area contributed by atoms with Crippen LogP contribution in [0.15, 0.2) is 18.2 Å². The monoisotopic (exact) mass is 336 g/mol. The maximum absolute atomic E-state index is 11.7. The maximum Gasteiger partial charge on any atom is 0.323 e. The highest BCUT2D eigenvalue weighted by molar-refractivity contribution is 7.18. The Labute approximate surface area is 138 Å². The van der Waals surface area contributed by atoms with Gasteiger partial charge in [0.2, 0.25) is 0 Å². The molecule has 2 aromatic rings. The molecule has 116 valence electrons. The Morgan fingerprint density at radius 3 is 2.82 bits per heavy atom. The Bertz CT molecular complexity index is 709. The highest BCUT2D eigenvalue weighted by Crippen LogP contribution is 2.35. The second-order valence-electron chi connectivity index (χ2n) is 5.95. The third kappa shape index (κ3) is 2.62. The lowest BCUT2D eigenvalue weighted by Crippen LogP contribution is -2.43. The first-order chi connectivity index (χ1) is 10.7. The van der Waals surface area contributed by atoms with Gasteiger partial charge in [0.25, 0.3) is 0 Å². The molecule has 0 N–H and O–H groups in total. The number of aromatic nitrogens is 1. The van der Waals surface area contributed by atoms with Gasteiger partial charge in [-0.1, -0.05) is 11.6 Å². The minimum Gasteiger partial charge on any atom is -0.464 e. The molecule has 2 fully saturated rings. The normalized spacial score (nSPS) is 24.0. The summed E-state index contributed by atoms with van der Waals surface area (Å²) in [7, 11) is 0. The molecule has 0 saturated carbocycles. The number of likely N-dealkylation sites (tertiary alicyclic amines) is 1. The predicted octanol–water partition coefficient (Wildman–Crippen LogP) is 3.44. The molecule has 0 amide bonds. The summed E-state index contributed by atoms with van der Waals surface area (Å²) in [4.78, 5) is 18.7. The van der Waals surface area contributed by atoms with Crippen molar-refractivity contribution in [1.29, 1.82) is 0 Å². The fourth-order valence-electron chi connectivity index (χ4n) is 3.37. The quantitative estimate of drug-likeness (QED) is 0.788. The number of benzene rings is 1. The number of fused-ring (bicyclic) bond motifs is 1. The summed E-state index contributed by atoms with van der Waals surface area (Å²) in [6, 6.07) is 5.87. The number of cyclic esters (lactones) is 1. The van der Waals surface area contributed by atoms with Crippen LogP contribution in [0.1, 0.15) is 30.2 Å². The lowest BCUT2D eigenvalue weighted by Gasteiger charge is -2.33. The molecule has 0 bridgehead atoms. The van der Waals surface area contributed by atoms with E-state index in [-0.39, 0.29) is 12.0 Å². The van der Waals surface area contributed by atoms with Crippen molar-refractivity contribution in [3.8, 4) is 0 Å². The molecular formula is C16H17ClN2O2S. The highest BCUT2D eigenvalue weighted by Gasteiger charge is 2.35. The molecule has 0 radical (unpaired) electrons.